The molecule has 2 heterocycles. The van der Waals surface area contributed by atoms with Crippen LogP contribution in [0.1, 0.15) is 5.56 Å². The first-order valence-corrected chi connectivity index (χ1v) is 10.6. The normalized spacial score (nSPS) is 15.0. The van der Waals surface area contributed by atoms with Crippen LogP contribution < -0.4 is 24.5 Å². The third kappa shape index (κ3) is 4.72. The molecule has 1 aliphatic rings. The SMILES string of the molecule is COc1cc(CNc2ccc(S(=O)(=O)N3CCOCC3)c[nH+]2)cc(OC)c1OC. The molecule has 3 rings (SSSR count). The molecule has 0 bridgehead atoms. The number of pyridine rings is 1. The van der Waals surface area contributed by atoms with Crippen molar-refractivity contribution in [2.75, 3.05) is 52.9 Å². The zero-order valence-electron chi connectivity index (χ0n) is 16.7. The Morgan fingerprint density at radius 3 is 2.24 bits per heavy atom. The fourth-order valence-electron chi connectivity index (χ4n) is 3.05. The van der Waals surface area contributed by atoms with E-state index in [9.17, 15) is 8.42 Å². The highest BCUT2D eigenvalue weighted by atomic mass is 32.2. The number of aromatic amines is 1. The molecule has 0 amide bonds. The summed E-state index contributed by atoms with van der Waals surface area (Å²) in [4.78, 5) is 3.22. The quantitative estimate of drug-likeness (QED) is 0.679. The first-order chi connectivity index (χ1) is 14.0. The van der Waals surface area contributed by atoms with E-state index in [1.807, 2.05) is 12.1 Å². The predicted octanol–water partition coefficient (Wildman–Crippen LogP) is 1.16. The van der Waals surface area contributed by atoms with Crippen LogP contribution in [0, 0.1) is 0 Å². The van der Waals surface area contributed by atoms with Crippen LogP contribution in [-0.2, 0) is 21.3 Å². The summed E-state index contributed by atoms with van der Waals surface area (Å²) in [6.07, 6.45) is 1.49. The van der Waals surface area contributed by atoms with E-state index in [2.05, 4.69) is 10.3 Å². The van der Waals surface area contributed by atoms with Crippen molar-refractivity contribution in [3.63, 3.8) is 0 Å². The Morgan fingerprint density at radius 1 is 1.07 bits per heavy atom. The number of rotatable bonds is 8. The van der Waals surface area contributed by atoms with Crippen LogP contribution in [0.15, 0.2) is 35.4 Å². The molecule has 9 nitrogen and oxygen atoms in total. The van der Waals surface area contributed by atoms with Gasteiger partial charge in [0.25, 0.3) is 5.82 Å². The van der Waals surface area contributed by atoms with Gasteiger partial charge in [-0.3, -0.25) is 5.32 Å². The molecule has 1 aromatic heterocycles. The van der Waals surface area contributed by atoms with Crippen LogP contribution >= 0.6 is 0 Å². The van der Waals surface area contributed by atoms with Crippen molar-refractivity contribution in [2.24, 2.45) is 0 Å². The van der Waals surface area contributed by atoms with E-state index < -0.39 is 10.0 Å². The number of nitrogens with zero attached hydrogens (tertiary/aromatic N) is 1. The highest BCUT2D eigenvalue weighted by molar-refractivity contribution is 7.89. The monoisotopic (exact) mass is 424 g/mol. The Balaban J connectivity index is 1.70. The fraction of sp³-hybridized carbons (Fsp3) is 0.421. The molecule has 1 fully saturated rings. The summed E-state index contributed by atoms with van der Waals surface area (Å²) >= 11 is 0. The van der Waals surface area contributed by atoms with Gasteiger partial charge in [0.2, 0.25) is 15.8 Å². The molecule has 0 radical (unpaired) electrons. The Bertz CT molecular complexity index is 902. The van der Waals surface area contributed by atoms with Gasteiger partial charge in [-0.05, 0) is 18.2 Å². The molecular weight excluding hydrogens is 398 g/mol. The zero-order chi connectivity index (χ0) is 20.9. The first kappa shape index (κ1) is 21.2. The molecule has 1 aromatic carbocycles. The summed E-state index contributed by atoms with van der Waals surface area (Å²) in [5.41, 5.74) is 0.915. The number of ether oxygens (including phenoxy) is 4. The van der Waals surface area contributed by atoms with Gasteiger partial charge in [0.05, 0.1) is 34.5 Å². The van der Waals surface area contributed by atoms with Gasteiger partial charge in [-0.25, -0.2) is 13.4 Å². The van der Waals surface area contributed by atoms with Gasteiger partial charge >= 0.3 is 0 Å². The van der Waals surface area contributed by atoms with E-state index in [4.69, 9.17) is 18.9 Å². The topological polar surface area (TPSA) is 100 Å². The van der Waals surface area contributed by atoms with Crippen molar-refractivity contribution >= 4 is 15.8 Å². The van der Waals surface area contributed by atoms with Crippen molar-refractivity contribution in [2.45, 2.75) is 11.4 Å². The van der Waals surface area contributed by atoms with E-state index in [1.54, 1.807) is 33.5 Å². The molecule has 29 heavy (non-hydrogen) atoms. The minimum atomic E-state index is -3.52. The van der Waals surface area contributed by atoms with Crippen LogP contribution in [-0.4, -0.2) is 60.4 Å². The first-order valence-electron chi connectivity index (χ1n) is 9.12. The van der Waals surface area contributed by atoms with Gasteiger partial charge < -0.3 is 18.9 Å². The molecule has 158 valence electrons. The number of sulfonamides is 1. The molecule has 0 atom stereocenters. The molecule has 10 heteroatoms. The van der Waals surface area contributed by atoms with Gasteiger partial charge in [-0.15, -0.1) is 0 Å². The van der Waals surface area contributed by atoms with E-state index >= 15 is 0 Å². The molecule has 0 aliphatic carbocycles. The van der Waals surface area contributed by atoms with Crippen LogP contribution in [0.4, 0.5) is 5.82 Å². The van der Waals surface area contributed by atoms with Crippen LogP contribution in [0.2, 0.25) is 0 Å². The number of morpholine rings is 1. The van der Waals surface area contributed by atoms with E-state index in [1.165, 1.54) is 10.5 Å². The van der Waals surface area contributed by atoms with E-state index in [0.29, 0.717) is 55.9 Å². The average Bonchev–Trinajstić information content (AvgIpc) is 2.77. The second kappa shape index (κ2) is 9.29. The van der Waals surface area contributed by atoms with Gasteiger partial charge in [0.1, 0.15) is 17.6 Å². The third-order valence-corrected chi connectivity index (χ3v) is 6.49. The maximum Gasteiger partial charge on any atom is 0.272 e. The minimum Gasteiger partial charge on any atom is -0.493 e. The fourth-order valence-corrected chi connectivity index (χ4v) is 4.43. The molecule has 0 spiro atoms. The number of H-pyrrole nitrogens is 1. The Kier molecular flexibility index (Phi) is 6.78. The van der Waals surface area contributed by atoms with Crippen molar-refractivity contribution in [1.29, 1.82) is 0 Å². The lowest BCUT2D eigenvalue weighted by Gasteiger charge is -2.25. The Labute approximate surface area is 170 Å². The summed E-state index contributed by atoms with van der Waals surface area (Å²) < 4.78 is 48.0. The molecule has 0 saturated carbocycles. The summed E-state index contributed by atoms with van der Waals surface area (Å²) in [5.74, 6) is 2.35. The predicted molar refractivity (Wildman–Crippen MR) is 106 cm³/mol. The molecule has 1 saturated heterocycles. The highest BCUT2D eigenvalue weighted by Gasteiger charge is 2.27. The summed E-state index contributed by atoms with van der Waals surface area (Å²) in [7, 11) is 1.16. The number of methoxy groups -OCH3 is 3. The van der Waals surface area contributed by atoms with Crippen molar-refractivity contribution in [3.05, 3.63) is 36.0 Å². The molecular formula is C19H26N3O6S+. The largest absolute Gasteiger partial charge is 0.493 e. The van der Waals surface area contributed by atoms with Crippen LogP contribution in [0.25, 0.3) is 0 Å². The van der Waals surface area contributed by atoms with Crippen LogP contribution in [0.5, 0.6) is 17.2 Å². The Hall–Kier alpha value is -2.56. The molecule has 2 N–H and O–H groups in total. The standard InChI is InChI=1S/C19H25N3O6S/c1-25-16-10-14(11-17(26-2)19(16)27-3)12-20-18-5-4-15(13-21-18)29(23,24)22-6-8-28-9-7-22/h4-5,10-11,13H,6-9,12H2,1-3H3,(H,20,21)/p+1. The summed E-state index contributed by atoms with van der Waals surface area (Å²) in [6.45, 7) is 2.03. The lowest BCUT2D eigenvalue weighted by Crippen LogP contribution is -2.40. The second-order valence-electron chi connectivity index (χ2n) is 6.34. The maximum absolute atomic E-state index is 12.7. The zero-order valence-corrected chi connectivity index (χ0v) is 17.5. The molecule has 2 aromatic rings. The van der Waals surface area contributed by atoms with Crippen molar-refractivity contribution in [3.8, 4) is 17.2 Å². The highest BCUT2D eigenvalue weighted by Crippen LogP contribution is 2.38. The lowest BCUT2D eigenvalue weighted by atomic mass is 10.1. The smallest absolute Gasteiger partial charge is 0.272 e. The number of hydrogen-bond donors (Lipinski definition) is 1. The lowest BCUT2D eigenvalue weighted by molar-refractivity contribution is -0.364. The number of anilines is 1. The van der Waals surface area contributed by atoms with E-state index in [-0.39, 0.29) is 4.90 Å². The van der Waals surface area contributed by atoms with E-state index in [0.717, 1.165) is 5.56 Å². The van der Waals surface area contributed by atoms with Gasteiger partial charge in [-0.1, -0.05) is 0 Å². The second-order valence-corrected chi connectivity index (χ2v) is 8.28. The van der Waals surface area contributed by atoms with Gasteiger partial charge in [0.15, 0.2) is 11.5 Å². The molecule has 1 aliphatic heterocycles. The van der Waals surface area contributed by atoms with Crippen molar-refractivity contribution < 1.29 is 32.3 Å². The van der Waals surface area contributed by atoms with Crippen LogP contribution in [0.3, 0.4) is 0 Å². The number of aromatic nitrogens is 1. The van der Waals surface area contributed by atoms with Crippen molar-refractivity contribution in [1.82, 2.24) is 4.31 Å². The van der Waals surface area contributed by atoms with Gasteiger partial charge in [-0.2, -0.15) is 4.31 Å². The minimum absolute atomic E-state index is 0.220. The number of nitrogens with one attached hydrogen (secondary N) is 2. The molecule has 0 unspecified atom stereocenters. The summed E-state index contributed by atoms with van der Waals surface area (Å²) in [5, 5.41) is 3.22. The average molecular weight is 424 g/mol. The third-order valence-electron chi connectivity index (χ3n) is 4.60. The van der Waals surface area contributed by atoms with Gasteiger partial charge in [0, 0.05) is 24.7 Å². The number of benzene rings is 1. The number of hydrogen-bond acceptors (Lipinski definition) is 7. The summed E-state index contributed by atoms with van der Waals surface area (Å²) in [6, 6.07) is 6.99. The Morgan fingerprint density at radius 2 is 1.72 bits per heavy atom. The maximum atomic E-state index is 12.7.